The van der Waals surface area contributed by atoms with Crippen LogP contribution in [0.15, 0.2) is 41.3 Å². The second kappa shape index (κ2) is 11.0. The van der Waals surface area contributed by atoms with Gasteiger partial charge >= 0.3 is 0 Å². The van der Waals surface area contributed by atoms with E-state index in [9.17, 15) is 0 Å². The summed E-state index contributed by atoms with van der Waals surface area (Å²) >= 11 is 0. The molecule has 1 heterocycles. The highest BCUT2D eigenvalue weighted by atomic mass is 16.5. The third-order valence-corrected chi connectivity index (χ3v) is 6.77. The highest BCUT2D eigenvalue weighted by molar-refractivity contribution is 5.86. The van der Waals surface area contributed by atoms with Crippen molar-refractivity contribution in [2.24, 2.45) is 28.3 Å². The van der Waals surface area contributed by atoms with Gasteiger partial charge in [0, 0.05) is 30.0 Å². The summed E-state index contributed by atoms with van der Waals surface area (Å²) in [4.78, 5) is 14.0. The van der Waals surface area contributed by atoms with Gasteiger partial charge in [0.25, 0.3) is 0 Å². The molecule has 2 fully saturated rings. The highest BCUT2D eigenvalue weighted by Gasteiger charge is 2.24. The molecule has 178 valence electrons. The molecule has 2 aliphatic rings. The summed E-state index contributed by atoms with van der Waals surface area (Å²) in [5.74, 6) is 2.86. The average Bonchev–Trinajstić information content (AvgIpc) is 3.22. The van der Waals surface area contributed by atoms with Gasteiger partial charge in [-0.25, -0.2) is 9.97 Å². The van der Waals surface area contributed by atoms with E-state index < -0.39 is 0 Å². The Hall–Kier alpha value is -2.67. The summed E-state index contributed by atoms with van der Waals surface area (Å²) < 4.78 is 6.24. The summed E-state index contributed by atoms with van der Waals surface area (Å²) in [6, 6.07) is 6.50. The van der Waals surface area contributed by atoms with Crippen molar-refractivity contribution in [2.75, 3.05) is 5.32 Å². The number of allylic oxidation sites excluding steroid dienone is 1. The number of hydrogen-bond donors (Lipinski definition) is 3. The van der Waals surface area contributed by atoms with Gasteiger partial charge in [-0.2, -0.15) is 0 Å². The Morgan fingerprint density at radius 3 is 2.73 bits per heavy atom. The number of aromatic nitrogens is 2. The van der Waals surface area contributed by atoms with Gasteiger partial charge in [0.05, 0.1) is 11.7 Å². The second-order valence-electron chi connectivity index (χ2n) is 10.0. The van der Waals surface area contributed by atoms with Crippen molar-refractivity contribution >= 4 is 23.1 Å². The molecule has 2 atom stereocenters. The fourth-order valence-electron chi connectivity index (χ4n) is 5.07. The Balaban J connectivity index is 1.40. The van der Waals surface area contributed by atoms with E-state index in [-0.39, 0.29) is 12.1 Å². The van der Waals surface area contributed by atoms with Crippen molar-refractivity contribution in [1.29, 1.82) is 0 Å². The third-order valence-electron chi connectivity index (χ3n) is 6.77. The number of para-hydroxylation sites is 1. The quantitative estimate of drug-likeness (QED) is 0.499. The number of rotatable bonds is 8. The highest BCUT2D eigenvalue weighted by Crippen LogP contribution is 2.31. The van der Waals surface area contributed by atoms with Crippen LogP contribution in [-0.2, 0) is 0 Å². The van der Waals surface area contributed by atoms with Crippen LogP contribution in [0.5, 0.6) is 5.75 Å². The first-order valence-corrected chi connectivity index (χ1v) is 12.4. The maximum atomic E-state index is 6.24. The normalized spacial score (nSPS) is 26.4. The van der Waals surface area contributed by atoms with E-state index >= 15 is 0 Å². The SMILES string of the molecule is CC(C)CC1CCC(N=CC(=CN)Nc2ncc3cccc(OC4CCC(N)C4)c3n2)CC1. The molecule has 2 aromatic rings. The molecule has 0 aliphatic heterocycles. The minimum Gasteiger partial charge on any atom is -0.488 e. The predicted molar refractivity (Wildman–Crippen MR) is 135 cm³/mol. The average molecular weight is 451 g/mol. The molecule has 1 aromatic heterocycles. The minimum atomic E-state index is 0.138. The fourth-order valence-corrected chi connectivity index (χ4v) is 5.07. The number of aliphatic imine (C=N–C) groups is 1. The Morgan fingerprint density at radius 1 is 1.21 bits per heavy atom. The summed E-state index contributed by atoms with van der Waals surface area (Å²) in [5, 5.41) is 4.15. The monoisotopic (exact) mass is 450 g/mol. The van der Waals surface area contributed by atoms with Crippen molar-refractivity contribution in [3.8, 4) is 5.75 Å². The van der Waals surface area contributed by atoms with Gasteiger partial charge in [-0.15, -0.1) is 0 Å². The summed E-state index contributed by atoms with van der Waals surface area (Å²) in [6.45, 7) is 4.62. The number of fused-ring (bicyclic) bond motifs is 1. The van der Waals surface area contributed by atoms with Gasteiger partial charge in [-0.3, -0.25) is 4.99 Å². The lowest BCUT2D eigenvalue weighted by molar-refractivity contribution is 0.210. The van der Waals surface area contributed by atoms with Crippen LogP contribution in [0.4, 0.5) is 5.95 Å². The van der Waals surface area contributed by atoms with E-state index in [2.05, 4.69) is 24.1 Å². The Morgan fingerprint density at radius 2 is 2.03 bits per heavy atom. The number of ether oxygens (including phenoxy) is 1. The molecule has 2 aliphatic carbocycles. The van der Waals surface area contributed by atoms with E-state index in [1.807, 2.05) is 24.4 Å². The number of anilines is 1. The topological polar surface area (TPSA) is 111 Å². The summed E-state index contributed by atoms with van der Waals surface area (Å²) in [7, 11) is 0. The maximum absolute atomic E-state index is 6.24. The molecule has 33 heavy (non-hydrogen) atoms. The standard InChI is InChI=1S/C26H38N6O/c1-17(2)12-18-6-9-21(10-7-18)29-16-22(14-27)31-26-30-15-19-4-3-5-24(25(19)32-26)33-23-11-8-20(28)13-23/h3-5,14-18,20-21,23H,6-13,27-28H2,1-2H3,(H,30,31,32). The predicted octanol–water partition coefficient (Wildman–Crippen LogP) is 4.78. The molecule has 7 heteroatoms. The van der Waals surface area contributed by atoms with Gasteiger partial charge in [-0.05, 0) is 69.3 Å². The van der Waals surface area contributed by atoms with Crippen LogP contribution in [0.2, 0.25) is 0 Å². The first kappa shape index (κ1) is 23.5. The van der Waals surface area contributed by atoms with Crippen molar-refractivity contribution < 1.29 is 4.74 Å². The van der Waals surface area contributed by atoms with Crippen molar-refractivity contribution in [3.05, 3.63) is 36.3 Å². The van der Waals surface area contributed by atoms with Gasteiger partial charge < -0.3 is 21.5 Å². The largest absolute Gasteiger partial charge is 0.488 e. The maximum Gasteiger partial charge on any atom is 0.227 e. The third kappa shape index (κ3) is 6.44. The molecule has 2 unspecified atom stereocenters. The van der Waals surface area contributed by atoms with Gasteiger partial charge in [0.2, 0.25) is 5.95 Å². The zero-order valence-corrected chi connectivity index (χ0v) is 19.9. The van der Waals surface area contributed by atoms with Gasteiger partial charge in [-0.1, -0.05) is 26.0 Å². The van der Waals surface area contributed by atoms with Crippen molar-refractivity contribution in [3.63, 3.8) is 0 Å². The molecule has 0 amide bonds. The van der Waals surface area contributed by atoms with E-state index in [0.29, 0.717) is 17.7 Å². The molecule has 0 spiro atoms. The zero-order chi connectivity index (χ0) is 23.2. The van der Waals surface area contributed by atoms with Gasteiger partial charge in [0.15, 0.2) is 0 Å². The molecule has 1 aromatic carbocycles. The summed E-state index contributed by atoms with van der Waals surface area (Å²) in [5.41, 5.74) is 13.4. The van der Waals surface area contributed by atoms with Gasteiger partial charge in [0.1, 0.15) is 17.4 Å². The first-order valence-electron chi connectivity index (χ1n) is 12.4. The van der Waals surface area contributed by atoms with E-state index in [1.165, 1.54) is 25.5 Å². The van der Waals surface area contributed by atoms with Crippen molar-refractivity contribution in [2.45, 2.75) is 83.4 Å². The van der Waals surface area contributed by atoms with Crippen LogP contribution >= 0.6 is 0 Å². The second-order valence-corrected chi connectivity index (χ2v) is 10.0. The van der Waals surface area contributed by atoms with Crippen LogP contribution in [0.25, 0.3) is 10.9 Å². The molecule has 4 rings (SSSR count). The molecule has 5 N–H and O–H groups in total. The number of benzene rings is 1. The van der Waals surface area contributed by atoms with E-state index in [0.717, 1.165) is 60.6 Å². The van der Waals surface area contributed by atoms with E-state index in [1.54, 1.807) is 6.20 Å². The fraction of sp³-hybridized carbons (Fsp3) is 0.577. The van der Waals surface area contributed by atoms with Crippen LogP contribution < -0.4 is 21.5 Å². The van der Waals surface area contributed by atoms with E-state index in [4.69, 9.17) is 26.2 Å². The molecule has 0 bridgehead atoms. The van der Waals surface area contributed by atoms with Crippen LogP contribution in [0.1, 0.15) is 65.2 Å². The summed E-state index contributed by atoms with van der Waals surface area (Å²) in [6.07, 6.45) is 14.3. The minimum absolute atomic E-state index is 0.138. The molecule has 0 saturated heterocycles. The molecular weight excluding hydrogens is 412 g/mol. The molecule has 7 nitrogen and oxygen atoms in total. The Bertz CT molecular complexity index is 980. The lowest BCUT2D eigenvalue weighted by atomic mass is 9.82. The van der Waals surface area contributed by atoms with Crippen LogP contribution in [0.3, 0.4) is 0 Å². The van der Waals surface area contributed by atoms with Crippen molar-refractivity contribution in [1.82, 2.24) is 9.97 Å². The molecule has 0 radical (unpaired) electrons. The number of hydrogen-bond acceptors (Lipinski definition) is 7. The number of nitrogens with one attached hydrogen (secondary N) is 1. The number of nitrogens with two attached hydrogens (primary N) is 2. The Labute approximate surface area is 197 Å². The van der Waals surface area contributed by atoms with Crippen LogP contribution in [0, 0.1) is 11.8 Å². The molecule has 2 saturated carbocycles. The lowest BCUT2D eigenvalue weighted by Gasteiger charge is -2.27. The zero-order valence-electron chi connectivity index (χ0n) is 19.9. The Kier molecular flexibility index (Phi) is 7.81. The molecular formula is C26H38N6O. The smallest absolute Gasteiger partial charge is 0.227 e. The first-order chi connectivity index (χ1) is 16.0. The number of nitrogens with zero attached hydrogens (tertiary/aromatic N) is 3. The van der Waals surface area contributed by atoms with Crippen LogP contribution in [-0.4, -0.2) is 34.4 Å². The lowest BCUT2D eigenvalue weighted by Crippen LogP contribution is -2.19.